The second-order valence-electron chi connectivity index (χ2n) is 6.29. The van der Waals surface area contributed by atoms with Gasteiger partial charge in [-0.15, -0.1) is 0 Å². The lowest BCUT2D eigenvalue weighted by Gasteiger charge is -2.22. The topological polar surface area (TPSA) is 53.2 Å². The van der Waals surface area contributed by atoms with Crippen LogP contribution in [0.1, 0.15) is 50.5 Å². The van der Waals surface area contributed by atoms with Crippen molar-refractivity contribution >= 4 is 11.7 Å². The molecule has 1 aromatic rings. The molecule has 1 aromatic carbocycles. The van der Waals surface area contributed by atoms with Crippen LogP contribution in [0.5, 0.6) is 0 Å². The monoisotopic (exact) mass is 287 g/mol. The second-order valence-corrected chi connectivity index (χ2v) is 6.29. The van der Waals surface area contributed by atoms with Crippen LogP contribution in [0.4, 0.5) is 10.5 Å². The van der Waals surface area contributed by atoms with E-state index in [2.05, 4.69) is 28.1 Å². The van der Waals surface area contributed by atoms with Gasteiger partial charge in [0.25, 0.3) is 0 Å². The summed E-state index contributed by atoms with van der Waals surface area (Å²) in [6.45, 7) is 0.916. The number of nitrogens with one attached hydrogen (secondary N) is 3. The summed E-state index contributed by atoms with van der Waals surface area (Å²) in [5.74, 6) is 0. The van der Waals surface area contributed by atoms with Crippen molar-refractivity contribution in [3.63, 3.8) is 0 Å². The van der Waals surface area contributed by atoms with Crippen LogP contribution < -0.4 is 16.0 Å². The number of carbonyl (C=O) groups is 1. The highest BCUT2D eigenvalue weighted by molar-refractivity contribution is 5.89. The fourth-order valence-electron chi connectivity index (χ4n) is 2.86. The molecule has 0 aromatic heterocycles. The maximum atomic E-state index is 12.0. The molecule has 0 heterocycles. The third-order valence-electron chi connectivity index (χ3n) is 4.32. The highest BCUT2D eigenvalue weighted by atomic mass is 16.2. The van der Waals surface area contributed by atoms with Gasteiger partial charge >= 0.3 is 6.03 Å². The summed E-state index contributed by atoms with van der Waals surface area (Å²) in [4.78, 5) is 12.0. The zero-order chi connectivity index (χ0) is 14.5. The van der Waals surface area contributed by atoms with Crippen LogP contribution in [-0.2, 0) is 6.54 Å². The van der Waals surface area contributed by atoms with E-state index in [1.807, 2.05) is 12.1 Å². The van der Waals surface area contributed by atoms with Crippen LogP contribution in [0.3, 0.4) is 0 Å². The first kappa shape index (κ1) is 14.4. The molecule has 3 rings (SSSR count). The van der Waals surface area contributed by atoms with E-state index in [1.165, 1.54) is 37.7 Å². The summed E-state index contributed by atoms with van der Waals surface area (Å²) < 4.78 is 0. The molecule has 114 valence electrons. The van der Waals surface area contributed by atoms with E-state index in [0.29, 0.717) is 6.04 Å². The van der Waals surface area contributed by atoms with E-state index in [-0.39, 0.29) is 6.03 Å². The highest BCUT2D eigenvalue weighted by Gasteiger charge is 2.19. The quantitative estimate of drug-likeness (QED) is 0.777. The first-order valence-electron chi connectivity index (χ1n) is 8.19. The summed E-state index contributed by atoms with van der Waals surface area (Å²) in [7, 11) is 0. The zero-order valence-electron chi connectivity index (χ0n) is 12.5. The predicted molar refractivity (Wildman–Crippen MR) is 85.3 cm³/mol. The summed E-state index contributed by atoms with van der Waals surface area (Å²) >= 11 is 0. The molecule has 21 heavy (non-hydrogen) atoms. The van der Waals surface area contributed by atoms with Gasteiger partial charge in [-0.2, -0.15) is 0 Å². The van der Waals surface area contributed by atoms with Crippen LogP contribution in [0, 0.1) is 0 Å². The molecule has 2 aliphatic rings. The molecule has 4 heteroatoms. The van der Waals surface area contributed by atoms with Gasteiger partial charge in [-0.1, -0.05) is 31.4 Å². The predicted octanol–water partition coefficient (Wildman–Crippen LogP) is 3.39. The minimum absolute atomic E-state index is 0.0780. The largest absolute Gasteiger partial charge is 0.335 e. The van der Waals surface area contributed by atoms with E-state index in [1.54, 1.807) is 0 Å². The van der Waals surface area contributed by atoms with Gasteiger partial charge in [0.15, 0.2) is 0 Å². The van der Waals surface area contributed by atoms with Gasteiger partial charge in [0.1, 0.15) is 0 Å². The third-order valence-corrected chi connectivity index (χ3v) is 4.32. The van der Waals surface area contributed by atoms with E-state index < -0.39 is 0 Å². The Kier molecular flexibility index (Phi) is 4.76. The molecule has 0 unspecified atom stereocenters. The fourth-order valence-corrected chi connectivity index (χ4v) is 2.86. The average molecular weight is 287 g/mol. The first-order valence-corrected chi connectivity index (χ1v) is 8.19. The van der Waals surface area contributed by atoms with Gasteiger partial charge in [-0.25, -0.2) is 4.79 Å². The molecule has 2 amide bonds. The maximum absolute atomic E-state index is 12.0. The molecular formula is C17H25N3O. The molecule has 4 nitrogen and oxygen atoms in total. The molecule has 0 radical (unpaired) electrons. The van der Waals surface area contributed by atoms with Crippen LogP contribution in [0.25, 0.3) is 0 Å². The van der Waals surface area contributed by atoms with Crippen molar-refractivity contribution in [3.8, 4) is 0 Å². The minimum Gasteiger partial charge on any atom is -0.335 e. The SMILES string of the molecule is O=C(Nc1ccc(CNC2CC2)cc1)NC1CCCCC1. The van der Waals surface area contributed by atoms with Gasteiger partial charge in [0.05, 0.1) is 0 Å². The van der Waals surface area contributed by atoms with Crippen molar-refractivity contribution in [2.75, 3.05) is 5.32 Å². The highest BCUT2D eigenvalue weighted by Crippen LogP contribution is 2.20. The first-order chi connectivity index (χ1) is 10.3. The molecule has 0 spiro atoms. The third kappa shape index (κ3) is 4.74. The number of anilines is 1. The lowest BCUT2D eigenvalue weighted by molar-refractivity contribution is 0.244. The fraction of sp³-hybridized carbons (Fsp3) is 0.588. The van der Waals surface area contributed by atoms with E-state index in [0.717, 1.165) is 31.1 Å². The van der Waals surface area contributed by atoms with Crippen molar-refractivity contribution in [3.05, 3.63) is 29.8 Å². The van der Waals surface area contributed by atoms with E-state index >= 15 is 0 Å². The van der Waals surface area contributed by atoms with Gasteiger partial charge in [0.2, 0.25) is 0 Å². The van der Waals surface area contributed by atoms with Crippen LogP contribution in [-0.4, -0.2) is 18.1 Å². The van der Waals surface area contributed by atoms with Crippen LogP contribution in [0.15, 0.2) is 24.3 Å². The Morgan fingerprint density at radius 3 is 2.33 bits per heavy atom. The Labute approximate surface area is 126 Å². The lowest BCUT2D eigenvalue weighted by atomic mass is 9.96. The smallest absolute Gasteiger partial charge is 0.319 e. The van der Waals surface area contributed by atoms with Crippen molar-refractivity contribution in [1.82, 2.24) is 10.6 Å². The standard InChI is InChI=1S/C17H25N3O/c21-17(19-15-4-2-1-3-5-15)20-16-8-6-13(7-9-16)12-18-14-10-11-14/h6-9,14-15,18H,1-5,10-12H2,(H2,19,20,21). The van der Waals surface area contributed by atoms with E-state index in [9.17, 15) is 4.79 Å². The Balaban J connectivity index is 1.43. The summed E-state index contributed by atoms with van der Waals surface area (Å²) in [5.41, 5.74) is 2.12. The molecular weight excluding hydrogens is 262 g/mol. The second kappa shape index (κ2) is 6.94. The van der Waals surface area contributed by atoms with Gasteiger partial charge in [-0.3, -0.25) is 0 Å². The molecule has 2 aliphatic carbocycles. The summed E-state index contributed by atoms with van der Waals surface area (Å²) in [5, 5.41) is 9.48. The number of rotatable bonds is 5. The normalized spacial score (nSPS) is 19.2. The Morgan fingerprint density at radius 1 is 0.952 bits per heavy atom. The number of hydrogen-bond donors (Lipinski definition) is 3. The average Bonchev–Trinajstić information content (AvgIpc) is 3.32. The van der Waals surface area contributed by atoms with Crippen molar-refractivity contribution in [1.29, 1.82) is 0 Å². The number of benzene rings is 1. The molecule has 0 aliphatic heterocycles. The Morgan fingerprint density at radius 2 is 1.67 bits per heavy atom. The molecule has 2 saturated carbocycles. The lowest BCUT2D eigenvalue weighted by Crippen LogP contribution is -2.39. The van der Waals surface area contributed by atoms with Gasteiger partial charge < -0.3 is 16.0 Å². The zero-order valence-corrected chi connectivity index (χ0v) is 12.5. The molecule has 0 saturated heterocycles. The molecule has 2 fully saturated rings. The van der Waals surface area contributed by atoms with Crippen molar-refractivity contribution in [2.45, 2.75) is 63.6 Å². The van der Waals surface area contributed by atoms with Gasteiger partial charge in [-0.05, 0) is 43.4 Å². The van der Waals surface area contributed by atoms with Crippen molar-refractivity contribution < 1.29 is 4.79 Å². The molecule has 0 bridgehead atoms. The Hall–Kier alpha value is -1.55. The number of carbonyl (C=O) groups excluding carboxylic acids is 1. The van der Waals surface area contributed by atoms with Gasteiger partial charge in [0, 0.05) is 24.3 Å². The number of hydrogen-bond acceptors (Lipinski definition) is 2. The number of amides is 2. The van der Waals surface area contributed by atoms with E-state index in [4.69, 9.17) is 0 Å². The number of urea groups is 1. The molecule has 0 atom stereocenters. The maximum Gasteiger partial charge on any atom is 0.319 e. The minimum atomic E-state index is -0.0780. The van der Waals surface area contributed by atoms with Crippen molar-refractivity contribution in [2.24, 2.45) is 0 Å². The summed E-state index contributed by atoms with van der Waals surface area (Å²) in [6, 6.07) is 9.10. The molecule has 3 N–H and O–H groups in total. The van der Waals surface area contributed by atoms with Crippen LogP contribution in [0.2, 0.25) is 0 Å². The summed E-state index contributed by atoms with van der Waals surface area (Å²) in [6.07, 6.45) is 8.60. The van der Waals surface area contributed by atoms with Crippen LogP contribution >= 0.6 is 0 Å². The Bertz CT molecular complexity index is 461.